The highest BCUT2D eigenvalue weighted by atomic mass is 15.3. The number of hydrogen-bond donors (Lipinski definition) is 1. The van der Waals surface area contributed by atoms with E-state index in [0.717, 1.165) is 19.0 Å². The molecule has 1 N–H and O–H groups in total. The minimum absolute atomic E-state index is 0.398. The molecular formula is C17H32N4. The quantitative estimate of drug-likeness (QED) is 0.875. The summed E-state index contributed by atoms with van der Waals surface area (Å²) in [5.41, 5.74) is 3.88. The average Bonchev–Trinajstić information content (AvgIpc) is 2.79. The van der Waals surface area contributed by atoms with Crippen molar-refractivity contribution in [2.75, 3.05) is 26.2 Å². The largest absolute Gasteiger partial charge is 0.310 e. The minimum atomic E-state index is 0.398. The first-order chi connectivity index (χ1) is 10.1. The summed E-state index contributed by atoms with van der Waals surface area (Å²) < 4.78 is 2.11. The van der Waals surface area contributed by atoms with E-state index in [9.17, 15) is 0 Å². The molecule has 4 heteroatoms. The lowest BCUT2D eigenvalue weighted by molar-refractivity contribution is 0.188. The molecule has 1 aliphatic rings. The summed E-state index contributed by atoms with van der Waals surface area (Å²) in [4.78, 5) is 2.56. The zero-order valence-corrected chi connectivity index (χ0v) is 14.4. The first-order valence-electron chi connectivity index (χ1n) is 8.56. The molecule has 1 unspecified atom stereocenters. The van der Waals surface area contributed by atoms with Gasteiger partial charge in [0.2, 0.25) is 0 Å². The molecule has 0 saturated carbocycles. The number of nitrogens with zero attached hydrogens (tertiary/aromatic N) is 3. The molecule has 4 nitrogen and oxygen atoms in total. The van der Waals surface area contributed by atoms with Gasteiger partial charge in [-0.15, -0.1) is 0 Å². The summed E-state index contributed by atoms with van der Waals surface area (Å²) >= 11 is 0. The summed E-state index contributed by atoms with van der Waals surface area (Å²) in [5, 5.41) is 8.38. The number of hydrogen-bond acceptors (Lipinski definition) is 3. The van der Waals surface area contributed by atoms with Crippen LogP contribution in [0.3, 0.4) is 0 Å². The normalized spacial score (nSPS) is 19.1. The molecule has 120 valence electrons. The van der Waals surface area contributed by atoms with Gasteiger partial charge in [0.1, 0.15) is 0 Å². The maximum absolute atomic E-state index is 4.64. The lowest BCUT2D eigenvalue weighted by Gasteiger charge is -2.31. The highest BCUT2D eigenvalue weighted by molar-refractivity contribution is 5.27. The van der Waals surface area contributed by atoms with Crippen LogP contribution in [0.2, 0.25) is 0 Å². The van der Waals surface area contributed by atoms with Gasteiger partial charge in [0.15, 0.2) is 0 Å². The van der Waals surface area contributed by atoms with Crippen LogP contribution in [0.4, 0.5) is 0 Å². The van der Waals surface area contributed by atoms with E-state index in [1.54, 1.807) is 0 Å². The van der Waals surface area contributed by atoms with Gasteiger partial charge in [-0.05, 0) is 72.6 Å². The molecule has 1 aromatic rings. The summed E-state index contributed by atoms with van der Waals surface area (Å²) in [6.45, 7) is 16.8. The SMILES string of the molecule is CCN1CCC(CNC(C)c2c(C)nn(CC)c2C)CC1. The third-order valence-electron chi connectivity index (χ3n) is 5.04. The van der Waals surface area contributed by atoms with Crippen LogP contribution < -0.4 is 5.32 Å². The lowest BCUT2D eigenvalue weighted by Crippen LogP contribution is -2.37. The highest BCUT2D eigenvalue weighted by Gasteiger charge is 2.21. The summed E-state index contributed by atoms with van der Waals surface area (Å²) in [6, 6.07) is 0.398. The first-order valence-corrected chi connectivity index (χ1v) is 8.56. The molecule has 0 radical (unpaired) electrons. The molecule has 0 aliphatic carbocycles. The Hall–Kier alpha value is -0.870. The fourth-order valence-electron chi connectivity index (χ4n) is 3.60. The zero-order chi connectivity index (χ0) is 15.4. The molecule has 1 atom stereocenters. The zero-order valence-electron chi connectivity index (χ0n) is 14.4. The van der Waals surface area contributed by atoms with Crippen LogP contribution in [0.5, 0.6) is 0 Å². The molecule has 1 aliphatic heterocycles. The predicted octanol–water partition coefficient (Wildman–Crippen LogP) is 2.90. The number of likely N-dealkylation sites (tertiary alicyclic amines) is 1. The van der Waals surface area contributed by atoms with Gasteiger partial charge in [0, 0.05) is 23.8 Å². The third-order valence-corrected chi connectivity index (χ3v) is 5.04. The Morgan fingerprint density at radius 2 is 1.86 bits per heavy atom. The number of aryl methyl sites for hydroxylation is 2. The van der Waals surface area contributed by atoms with Crippen LogP contribution in [0.15, 0.2) is 0 Å². The predicted molar refractivity (Wildman–Crippen MR) is 88.6 cm³/mol. The van der Waals surface area contributed by atoms with Crippen LogP contribution in [0.25, 0.3) is 0 Å². The summed E-state index contributed by atoms with van der Waals surface area (Å²) in [5.74, 6) is 0.831. The Labute approximate surface area is 129 Å². The number of nitrogens with one attached hydrogen (secondary N) is 1. The van der Waals surface area contributed by atoms with Crippen LogP contribution in [-0.2, 0) is 6.54 Å². The van der Waals surface area contributed by atoms with Gasteiger partial charge in [-0.2, -0.15) is 5.10 Å². The van der Waals surface area contributed by atoms with Crippen molar-refractivity contribution >= 4 is 0 Å². The van der Waals surface area contributed by atoms with Gasteiger partial charge in [-0.1, -0.05) is 6.92 Å². The fraction of sp³-hybridized carbons (Fsp3) is 0.824. The van der Waals surface area contributed by atoms with Gasteiger partial charge < -0.3 is 10.2 Å². The Bertz CT molecular complexity index is 444. The molecule has 2 rings (SSSR count). The van der Waals surface area contributed by atoms with Gasteiger partial charge in [0.05, 0.1) is 5.69 Å². The molecule has 0 spiro atoms. The smallest absolute Gasteiger partial charge is 0.0644 e. The van der Waals surface area contributed by atoms with Crippen LogP contribution in [-0.4, -0.2) is 40.9 Å². The van der Waals surface area contributed by atoms with Crippen molar-refractivity contribution in [1.82, 2.24) is 20.0 Å². The fourth-order valence-corrected chi connectivity index (χ4v) is 3.60. The maximum atomic E-state index is 4.64. The van der Waals surface area contributed by atoms with E-state index in [4.69, 9.17) is 0 Å². The molecule has 0 bridgehead atoms. The van der Waals surface area contributed by atoms with Gasteiger partial charge >= 0.3 is 0 Å². The van der Waals surface area contributed by atoms with E-state index in [1.165, 1.54) is 49.4 Å². The van der Waals surface area contributed by atoms with E-state index in [2.05, 4.69) is 54.6 Å². The van der Waals surface area contributed by atoms with Gasteiger partial charge in [0.25, 0.3) is 0 Å². The van der Waals surface area contributed by atoms with Crippen molar-refractivity contribution in [1.29, 1.82) is 0 Å². The third kappa shape index (κ3) is 3.86. The molecule has 1 fully saturated rings. The summed E-state index contributed by atoms with van der Waals surface area (Å²) in [7, 11) is 0. The van der Waals surface area contributed by atoms with E-state index in [0.29, 0.717) is 6.04 Å². The van der Waals surface area contributed by atoms with Crippen LogP contribution in [0, 0.1) is 19.8 Å². The second-order valence-electron chi connectivity index (χ2n) is 6.41. The number of aromatic nitrogens is 2. The average molecular weight is 292 g/mol. The van der Waals surface area contributed by atoms with Crippen molar-refractivity contribution in [2.24, 2.45) is 5.92 Å². The second-order valence-corrected chi connectivity index (χ2v) is 6.41. The van der Waals surface area contributed by atoms with Crippen molar-refractivity contribution in [2.45, 2.75) is 60.0 Å². The minimum Gasteiger partial charge on any atom is -0.310 e. The van der Waals surface area contributed by atoms with Crippen molar-refractivity contribution in [3.63, 3.8) is 0 Å². The topological polar surface area (TPSA) is 33.1 Å². The standard InChI is InChI=1S/C17H32N4/c1-6-20-10-8-16(9-11-20)12-18-13(3)17-14(4)19-21(7-2)15(17)5/h13,16,18H,6-12H2,1-5H3. The lowest BCUT2D eigenvalue weighted by atomic mass is 9.96. The van der Waals surface area contributed by atoms with Crippen molar-refractivity contribution < 1.29 is 0 Å². The Morgan fingerprint density at radius 1 is 1.19 bits per heavy atom. The second kappa shape index (κ2) is 7.41. The van der Waals surface area contributed by atoms with E-state index in [1.807, 2.05) is 0 Å². The first kappa shape index (κ1) is 16.5. The van der Waals surface area contributed by atoms with E-state index in [-0.39, 0.29) is 0 Å². The Kier molecular flexibility index (Phi) is 5.82. The molecule has 0 amide bonds. The molecule has 1 aromatic heterocycles. The van der Waals surface area contributed by atoms with E-state index < -0.39 is 0 Å². The molecular weight excluding hydrogens is 260 g/mol. The van der Waals surface area contributed by atoms with Gasteiger partial charge in [-0.25, -0.2) is 0 Å². The monoisotopic (exact) mass is 292 g/mol. The molecule has 1 saturated heterocycles. The number of piperidine rings is 1. The Morgan fingerprint density at radius 3 is 2.38 bits per heavy atom. The van der Waals surface area contributed by atoms with Crippen molar-refractivity contribution in [3.05, 3.63) is 17.0 Å². The van der Waals surface area contributed by atoms with Crippen molar-refractivity contribution in [3.8, 4) is 0 Å². The number of rotatable bonds is 6. The van der Waals surface area contributed by atoms with Crippen LogP contribution >= 0.6 is 0 Å². The van der Waals surface area contributed by atoms with E-state index >= 15 is 0 Å². The summed E-state index contributed by atoms with van der Waals surface area (Å²) in [6.07, 6.45) is 2.67. The van der Waals surface area contributed by atoms with Gasteiger partial charge in [-0.3, -0.25) is 4.68 Å². The van der Waals surface area contributed by atoms with Crippen LogP contribution in [0.1, 0.15) is 56.6 Å². The molecule has 0 aromatic carbocycles. The molecule has 21 heavy (non-hydrogen) atoms. The molecule has 2 heterocycles. The maximum Gasteiger partial charge on any atom is 0.0644 e. The Balaban J connectivity index is 1.88. The highest BCUT2D eigenvalue weighted by Crippen LogP contribution is 2.23.